The summed E-state index contributed by atoms with van der Waals surface area (Å²) in [6.07, 6.45) is 1.51. The second-order valence-corrected chi connectivity index (χ2v) is 9.44. The van der Waals surface area contributed by atoms with Crippen LogP contribution in [0.15, 0.2) is 29.3 Å². The average molecular weight is 411 g/mol. The van der Waals surface area contributed by atoms with Gasteiger partial charge in [0, 0.05) is 25.7 Å². The number of nitrogens with zero attached hydrogens (tertiary/aromatic N) is 2. The first-order valence-electron chi connectivity index (χ1n) is 10.1. The van der Waals surface area contributed by atoms with Crippen LogP contribution in [-0.2, 0) is 10.0 Å². The van der Waals surface area contributed by atoms with Crippen molar-refractivity contribution in [3.05, 3.63) is 29.8 Å². The number of guanidine groups is 1. The number of piperidine rings is 1. The lowest BCUT2D eigenvalue weighted by atomic mass is 10.1. The molecule has 1 unspecified atom stereocenters. The summed E-state index contributed by atoms with van der Waals surface area (Å²) >= 11 is 0. The number of ether oxygens (including phenoxy) is 1. The highest BCUT2D eigenvalue weighted by molar-refractivity contribution is 7.89. The molecule has 1 aromatic carbocycles. The zero-order valence-corrected chi connectivity index (χ0v) is 18.3. The summed E-state index contributed by atoms with van der Waals surface area (Å²) < 4.78 is 31.5. The lowest BCUT2D eigenvalue weighted by molar-refractivity contribution is 0.230. The van der Waals surface area contributed by atoms with Crippen molar-refractivity contribution in [1.82, 2.24) is 14.9 Å². The molecule has 1 aliphatic heterocycles. The number of nitrogens with one attached hydrogen (secondary N) is 2. The third-order valence-electron chi connectivity index (χ3n) is 4.76. The van der Waals surface area contributed by atoms with Crippen molar-refractivity contribution in [1.29, 1.82) is 0 Å². The van der Waals surface area contributed by atoms with Crippen LogP contribution in [0.3, 0.4) is 0 Å². The van der Waals surface area contributed by atoms with Gasteiger partial charge in [0.1, 0.15) is 11.9 Å². The standard InChI is InChI=1S/C20H34N4O3S/c1-5-21-20(22-15-17(4)27-19-9-7-16(3)8-10-19)23-18-11-13-24(14-12-18)28(25,26)6-2/h7-10,17-18H,5-6,11-15H2,1-4H3,(H2,21,22,23). The number of aliphatic imine (C=N–C) groups is 1. The van der Waals surface area contributed by atoms with E-state index in [-0.39, 0.29) is 17.9 Å². The van der Waals surface area contributed by atoms with Crippen LogP contribution in [-0.4, -0.2) is 62.8 Å². The summed E-state index contributed by atoms with van der Waals surface area (Å²) in [5, 5.41) is 6.70. The fraction of sp³-hybridized carbons (Fsp3) is 0.650. The third kappa shape index (κ3) is 6.98. The maximum absolute atomic E-state index is 12.0. The van der Waals surface area contributed by atoms with Crippen molar-refractivity contribution >= 4 is 16.0 Å². The van der Waals surface area contributed by atoms with E-state index in [4.69, 9.17) is 4.74 Å². The lowest BCUT2D eigenvalue weighted by Gasteiger charge is -2.32. The van der Waals surface area contributed by atoms with E-state index < -0.39 is 10.0 Å². The number of hydrogen-bond donors (Lipinski definition) is 2. The molecule has 0 bridgehead atoms. The highest BCUT2D eigenvalue weighted by Gasteiger charge is 2.27. The van der Waals surface area contributed by atoms with Gasteiger partial charge in [-0.2, -0.15) is 0 Å². The van der Waals surface area contributed by atoms with Gasteiger partial charge in [-0.3, -0.25) is 0 Å². The van der Waals surface area contributed by atoms with Gasteiger partial charge in [0.15, 0.2) is 5.96 Å². The fourth-order valence-electron chi connectivity index (χ4n) is 3.08. The van der Waals surface area contributed by atoms with E-state index >= 15 is 0 Å². The van der Waals surface area contributed by atoms with E-state index in [0.29, 0.717) is 19.6 Å². The molecule has 8 heteroatoms. The maximum atomic E-state index is 12.0. The van der Waals surface area contributed by atoms with Gasteiger partial charge in [-0.15, -0.1) is 0 Å². The lowest BCUT2D eigenvalue weighted by Crippen LogP contribution is -2.50. The number of hydrogen-bond acceptors (Lipinski definition) is 4. The molecule has 0 aromatic heterocycles. The second kappa shape index (κ2) is 10.7. The zero-order chi connectivity index (χ0) is 20.6. The zero-order valence-electron chi connectivity index (χ0n) is 17.4. The quantitative estimate of drug-likeness (QED) is 0.507. The summed E-state index contributed by atoms with van der Waals surface area (Å²) in [6, 6.07) is 8.22. The fourth-order valence-corrected chi connectivity index (χ4v) is 4.21. The molecule has 0 radical (unpaired) electrons. The first-order chi connectivity index (χ1) is 13.3. The Morgan fingerprint density at radius 2 is 1.89 bits per heavy atom. The van der Waals surface area contributed by atoms with Crippen molar-refractivity contribution in [2.45, 2.75) is 52.7 Å². The minimum atomic E-state index is -3.09. The predicted molar refractivity (Wildman–Crippen MR) is 114 cm³/mol. The Hall–Kier alpha value is -1.80. The molecule has 7 nitrogen and oxygen atoms in total. The predicted octanol–water partition coefficient (Wildman–Crippen LogP) is 2.13. The van der Waals surface area contributed by atoms with Gasteiger partial charge in [-0.25, -0.2) is 17.7 Å². The van der Waals surface area contributed by atoms with Gasteiger partial charge >= 0.3 is 0 Å². The number of sulfonamides is 1. The largest absolute Gasteiger partial charge is 0.489 e. The van der Waals surface area contributed by atoms with Crippen molar-refractivity contribution in [3.8, 4) is 5.75 Å². The van der Waals surface area contributed by atoms with E-state index in [9.17, 15) is 8.42 Å². The Bertz CT molecular complexity index is 726. The molecule has 2 N–H and O–H groups in total. The van der Waals surface area contributed by atoms with Gasteiger partial charge in [0.05, 0.1) is 12.3 Å². The Labute approximate surface area is 169 Å². The summed E-state index contributed by atoms with van der Waals surface area (Å²) in [6.45, 7) is 10.2. The summed E-state index contributed by atoms with van der Waals surface area (Å²) in [4.78, 5) is 4.64. The van der Waals surface area contributed by atoms with E-state index in [1.54, 1.807) is 11.2 Å². The molecule has 1 aromatic rings. The molecular weight excluding hydrogens is 376 g/mol. The van der Waals surface area contributed by atoms with Crippen molar-refractivity contribution in [2.24, 2.45) is 4.99 Å². The molecule has 28 heavy (non-hydrogen) atoms. The Morgan fingerprint density at radius 1 is 1.25 bits per heavy atom. The third-order valence-corrected chi connectivity index (χ3v) is 6.64. The molecule has 0 spiro atoms. The summed E-state index contributed by atoms with van der Waals surface area (Å²) in [7, 11) is -3.09. The Kier molecular flexibility index (Phi) is 8.57. The van der Waals surface area contributed by atoms with E-state index in [0.717, 1.165) is 31.1 Å². The molecule has 2 rings (SSSR count). The SMILES string of the molecule is CCNC(=NCC(C)Oc1ccc(C)cc1)NC1CCN(S(=O)(=O)CC)CC1. The van der Waals surface area contributed by atoms with Crippen molar-refractivity contribution in [3.63, 3.8) is 0 Å². The van der Waals surface area contributed by atoms with Crippen LogP contribution in [0.4, 0.5) is 0 Å². The second-order valence-electron chi connectivity index (χ2n) is 7.18. The van der Waals surface area contributed by atoms with Crippen LogP contribution in [0.1, 0.15) is 39.2 Å². The number of benzene rings is 1. The van der Waals surface area contributed by atoms with Gasteiger partial charge in [0.2, 0.25) is 10.0 Å². The maximum Gasteiger partial charge on any atom is 0.213 e. The molecule has 0 amide bonds. The molecule has 1 saturated heterocycles. The van der Waals surface area contributed by atoms with E-state index in [1.165, 1.54) is 5.56 Å². The molecule has 1 fully saturated rings. The molecule has 158 valence electrons. The normalized spacial score (nSPS) is 17.9. The molecule has 0 aliphatic carbocycles. The molecule has 1 aliphatic rings. The molecule has 1 atom stereocenters. The van der Waals surface area contributed by atoms with Gasteiger partial charge in [0.25, 0.3) is 0 Å². The first-order valence-corrected chi connectivity index (χ1v) is 11.7. The number of aryl methyl sites for hydroxylation is 1. The topological polar surface area (TPSA) is 83.0 Å². The van der Waals surface area contributed by atoms with Crippen molar-refractivity contribution in [2.75, 3.05) is 31.9 Å². The van der Waals surface area contributed by atoms with Gasteiger partial charge < -0.3 is 15.4 Å². The number of rotatable bonds is 8. The summed E-state index contributed by atoms with van der Waals surface area (Å²) in [5.74, 6) is 1.75. The average Bonchev–Trinajstić information content (AvgIpc) is 2.68. The minimum absolute atomic E-state index is 0.0466. The monoisotopic (exact) mass is 410 g/mol. The van der Waals surface area contributed by atoms with Crippen LogP contribution < -0.4 is 15.4 Å². The summed E-state index contributed by atoms with van der Waals surface area (Å²) in [5.41, 5.74) is 1.20. The Morgan fingerprint density at radius 3 is 2.46 bits per heavy atom. The van der Waals surface area contributed by atoms with Crippen LogP contribution in [0.2, 0.25) is 0 Å². The van der Waals surface area contributed by atoms with Crippen LogP contribution in [0.25, 0.3) is 0 Å². The van der Waals surface area contributed by atoms with Crippen LogP contribution in [0.5, 0.6) is 5.75 Å². The highest BCUT2D eigenvalue weighted by Crippen LogP contribution is 2.15. The van der Waals surface area contributed by atoms with Gasteiger partial charge in [-0.05, 0) is 52.7 Å². The minimum Gasteiger partial charge on any atom is -0.489 e. The Balaban J connectivity index is 1.85. The first kappa shape index (κ1) is 22.5. The smallest absolute Gasteiger partial charge is 0.213 e. The van der Waals surface area contributed by atoms with Crippen molar-refractivity contribution < 1.29 is 13.2 Å². The van der Waals surface area contributed by atoms with Crippen LogP contribution >= 0.6 is 0 Å². The van der Waals surface area contributed by atoms with Crippen LogP contribution in [0, 0.1) is 6.92 Å². The van der Waals surface area contributed by atoms with E-state index in [1.807, 2.05) is 45.0 Å². The molecular formula is C20H34N4O3S. The molecule has 0 saturated carbocycles. The molecule has 1 heterocycles. The van der Waals surface area contributed by atoms with E-state index in [2.05, 4.69) is 15.6 Å². The highest BCUT2D eigenvalue weighted by atomic mass is 32.2. The van der Waals surface area contributed by atoms with Gasteiger partial charge in [-0.1, -0.05) is 17.7 Å².